The largest absolute Gasteiger partial charge is 0.493 e. The van der Waals surface area contributed by atoms with Crippen LogP contribution in [0.3, 0.4) is 0 Å². The van der Waals surface area contributed by atoms with E-state index in [1.54, 1.807) is 12.1 Å². The second-order valence-corrected chi connectivity index (χ2v) is 6.44. The number of carbonyl (C=O) groups is 2. The fourth-order valence-electron chi connectivity index (χ4n) is 3.18. The number of amides is 3. The molecule has 150 valence electrons. The number of benzene rings is 1. The van der Waals surface area contributed by atoms with Gasteiger partial charge in [-0.25, -0.2) is 14.6 Å². The van der Waals surface area contributed by atoms with E-state index in [1.807, 2.05) is 12.1 Å². The van der Waals surface area contributed by atoms with Gasteiger partial charge in [-0.3, -0.25) is 15.7 Å². The minimum atomic E-state index is -1.24. The smallest absolute Gasteiger partial charge is 0.410 e. The number of hydrogen-bond acceptors (Lipinski definition) is 6. The molecule has 3 amide bonds. The maximum Gasteiger partial charge on any atom is 0.410 e. The highest BCUT2D eigenvalue weighted by molar-refractivity contribution is 5.98. The Morgan fingerprint density at radius 2 is 2.07 bits per heavy atom. The van der Waals surface area contributed by atoms with Gasteiger partial charge in [0.1, 0.15) is 11.6 Å². The van der Waals surface area contributed by atoms with E-state index in [-0.39, 0.29) is 11.6 Å². The summed E-state index contributed by atoms with van der Waals surface area (Å²) < 4.78 is 5.62. The highest BCUT2D eigenvalue weighted by Gasteiger charge is 2.28. The van der Waals surface area contributed by atoms with Gasteiger partial charge in [0, 0.05) is 24.2 Å². The number of carboxylic acid groups (broad SMARTS) is 1. The fraction of sp³-hybridized carbons (Fsp3) is 0.222. The average molecular weight is 398 g/mol. The lowest BCUT2D eigenvalue weighted by Gasteiger charge is -2.22. The Kier molecular flexibility index (Phi) is 4.87. The number of urea groups is 1. The number of aliphatic hydroxyl groups excluding tert-OH is 1. The lowest BCUT2D eigenvalue weighted by molar-refractivity contribution is 0.115. The van der Waals surface area contributed by atoms with Crippen molar-refractivity contribution in [3.05, 3.63) is 42.1 Å². The zero-order valence-corrected chi connectivity index (χ0v) is 15.0. The van der Waals surface area contributed by atoms with E-state index in [1.165, 1.54) is 12.3 Å². The first-order chi connectivity index (χ1) is 14.0. The molecule has 0 saturated carbocycles. The molecule has 3 aromatic rings. The van der Waals surface area contributed by atoms with E-state index in [9.17, 15) is 14.7 Å². The van der Waals surface area contributed by atoms with Gasteiger partial charge >= 0.3 is 12.1 Å². The molecular formula is C18H18N6O5. The molecule has 1 aromatic carbocycles. The zero-order valence-electron chi connectivity index (χ0n) is 15.0. The number of aromatic amines is 1. The van der Waals surface area contributed by atoms with Crippen LogP contribution in [-0.4, -0.2) is 50.2 Å². The van der Waals surface area contributed by atoms with Crippen LogP contribution >= 0.6 is 0 Å². The lowest BCUT2D eigenvalue weighted by atomic mass is 10.00. The van der Waals surface area contributed by atoms with Crippen molar-refractivity contribution in [1.82, 2.24) is 20.5 Å². The van der Waals surface area contributed by atoms with Crippen molar-refractivity contribution in [1.29, 1.82) is 0 Å². The molecule has 29 heavy (non-hydrogen) atoms. The van der Waals surface area contributed by atoms with Gasteiger partial charge < -0.3 is 20.3 Å². The monoisotopic (exact) mass is 398 g/mol. The van der Waals surface area contributed by atoms with Crippen molar-refractivity contribution in [3.63, 3.8) is 0 Å². The number of hydrogen-bond donors (Lipinski definition) is 6. The highest BCUT2D eigenvalue weighted by atomic mass is 16.5. The van der Waals surface area contributed by atoms with Crippen molar-refractivity contribution in [2.24, 2.45) is 0 Å². The number of ether oxygens (including phenoxy) is 1. The Morgan fingerprint density at radius 3 is 2.90 bits per heavy atom. The molecule has 4 rings (SSSR count). The van der Waals surface area contributed by atoms with E-state index in [2.05, 4.69) is 31.1 Å². The number of nitrogens with one attached hydrogen (secondary N) is 4. The summed E-state index contributed by atoms with van der Waals surface area (Å²) in [5, 5.41) is 33.7. The number of aromatic nitrogens is 3. The second kappa shape index (κ2) is 7.64. The predicted octanol–water partition coefficient (Wildman–Crippen LogP) is 2.05. The van der Waals surface area contributed by atoms with Gasteiger partial charge in [-0.05, 0) is 6.07 Å². The number of carbonyl (C=O) groups excluding carboxylic acids is 1. The number of pyridine rings is 1. The third-order valence-corrected chi connectivity index (χ3v) is 4.51. The highest BCUT2D eigenvalue weighted by Crippen LogP contribution is 2.31. The summed E-state index contributed by atoms with van der Waals surface area (Å²) in [5.41, 5.74) is 1.18. The molecule has 1 aliphatic heterocycles. The van der Waals surface area contributed by atoms with E-state index < -0.39 is 24.3 Å². The van der Waals surface area contributed by atoms with E-state index in [0.717, 1.165) is 0 Å². The first kappa shape index (κ1) is 18.5. The van der Waals surface area contributed by atoms with Crippen molar-refractivity contribution >= 4 is 34.7 Å². The molecule has 3 heterocycles. The van der Waals surface area contributed by atoms with E-state index in [0.29, 0.717) is 35.2 Å². The minimum absolute atomic E-state index is 0.120. The third kappa shape index (κ3) is 3.89. The van der Waals surface area contributed by atoms with Crippen LogP contribution in [0.2, 0.25) is 0 Å². The van der Waals surface area contributed by atoms with Crippen molar-refractivity contribution in [2.45, 2.75) is 18.6 Å². The molecule has 6 N–H and O–H groups in total. The van der Waals surface area contributed by atoms with Gasteiger partial charge in [0.15, 0.2) is 5.82 Å². The number of aliphatic hydroxyl groups is 1. The van der Waals surface area contributed by atoms with Crippen LogP contribution in [0.15, 0.2) is 36.5 Å². The van der Waals surface area contributed by atoms with E-state index >= 15 is 0 Å². The number of rotatable bonds is 3. The summed E-state index contributed by atoms with van der Waals surface area (Å²) in [4.78, 5) is 27.4. The molecule has 0 spiro atoms. The molecule has 0 aliphatic carbocycles. The Bertz CT molecular complexity index is 1070. The normalized spacial score (nSPS) is 18.2. The predicted molar refractivity (Wildman–Crippen MR) is 103 cm³/mol. The Balaban J connectivity index is 1.50. The number of para-hydroxylation sites is 1. The van der Waals surface area contributed by atoms with Crippen LogP contribution in [0.5, 0.6) is 5.75 Å². The Hall–Kier alpha value is -3.86. The van der Waals surface area contributed by atoms with Gasteiger partial charge in [-0.15, -0.1) is 0 Å². The lowest BCUT2D eigenvalue weighted by Crippen LogP contribution is -2.38. The summed E-state index contributed by atoms with van der Waals surface area (Å²) in [5.74, 6) is 0.965. The van der Waals surface area contributed by atoms with Crippen molar-refractivity contribution in [2.75, 3.05) is 17.2 Å². The quantitative estimate of drug-likeness (QED) is 0.393. The van der Waals surface area contributed by atoms with E-state index in [4.69, 9.17) is 9.84 Å². The number of anilines is 2. The molecule has 0 fully saturated rings. The Labute approximate surface area is 164 Å². The fourth-order valence-corrected chi connectivity index (χ4v) is 3.18. The maximum absolute atomic E-state index is 12.5. The molecule has 0 bridgehead atoms. The molecule has 11 heteroatoms. The van der Waals surface area contributed by atoms with Crippen LogP contribution < -0.4 is 20.7 Å². The van der Waals surface area contributed by atoms with Crippen LogP contribution in [0, 0.1) is 0 Å². The van der Waals surface area contributed by atoms with Crippen molar-refractivity contribution in [3.8, 4) is 5.75 Å². The van der Waals surface area contributed by atoms with Crippen molar-refractivity contribution < 1.29 is 24.5 Å². The van der Waals surface area contributed by atoms with Gasteiger partial charge in [0.05, 0.1) is 29.7 Å². The number of H-pyrrole nitrogens is 1. The first-order valence-electron chi connectivity index (χ1n) is 8.82. The molecule has 0 unspecified atom stereocenters. The molecule has 2 aromatic heterocycles. The maximum atomic E-state index is 12.5. The zero-order chi connectivity index (χ0) is 20.4. The second-order valence-electron chi connectivity index (χ2n) is 6.44. The van der Waals surface area contributed by atoms with Gasteiger partial charge in [-0.2, -0.15) is 5.10 Å². The van der Waals surface area contributed by atoms with Crippen LogP contribution in [0.4, 0.5) is 21.2 Å². The van der Waals surface area contributed by atoms with Crippen LogP contribution in [0.1, 0.15) is 18.0 Å². The van der Waals surface area contributed by atoms with Gasteiger partial charge in [0.2, 0.25) is 0 Å². The van der Waals surface area contributed by atoms with Gasteiger partial charge in [0.25, 0.3) is 0 Å². The topological polar surface area (TPSA) is 161 Å². The van der Waals surface area contributed by atoms with Crippen LogP contribution in [0.25, 0.3) is 10.9 Å². The average Bonchev–Trinajstić information content (AvgIpc) is 3.00. The first-order valence-corrected chi connectivity index (χ1v) is 8.82. The summed E-state index contributed by atoms with van der Waals surface area (Å²) >= 11 is 0. The SMILES string of the molecule is O=C(O)Nc1n[nH]c2cc(NC(=O)N[C@H]3c4ccccc4OCC[C@@H]3O)ncc12. The summed E-state index contributed by atoms with van der Waals surface area (Å²) in [7, 11) is 0. The molecule has 0 saturated heterocycles. The molecule has 2 atom stereocenters. The molecule has 0 radical (unpaired) electrons. The number of fused-ring (bicyclic) bond motifs is 2. The summed E-state index contributed by atoms with van der Waals surface area (Å²) in [6.45, 7) is 0.350. The minimum Gasteiger partial charge on any atom is -0.493 e. The standard InChI is InChI=1S/C18H18N6O5/c25-12-5-6-29-13-4-2-1-3-9(13)15(12)21-17(26)20-14-7-11-10(8-19-14)16(24-23-11)22-18(27)28/h1-4,7-8,12,15,25H,5-6H2,(H,27,28)(H2,22,23,24)(H2,19,20,21,26)/t12-,15-/m0/s1. The third-order valence-electron chi connectivity index (χ3n) is 4.51. The summed E-state index contributed by atoms with van der Waals surface area (Å²) in [6, 6.07) is 7.54. The van der Waals surface area contributed by atoms with Crippen LogP contribution in [-0.2, 0) is 0 Å². The van der Waals surface area contributed by atoms with Gasteiger partial charge in [-0.1, -0.05) is 18.2 Å². The molecule has 11 nitrogen and oxygen atoms in total. The molecular weight excluding hydrogens is 380 g/mol. The number of nitrogens with zero attached hydrogens (tertiary/aromatic N) is 2. The summed E-state index contributed by atoms with van der Waals surface area (Å²) in [6.07, 6.45) is -0.288. The molecule has 1 aliphatic rings. The Morgan fingerprint density at radius 1 is 1.24 bits per heavy atom.